The van der Waals surface area contributed by atoms with E-state index in [0.717, 1.165) is 12.8 Å². The molecule has 0 saturated heterocycles. The Hall–Kier alpha value is -0.633. The Morgan fingerprint density at radius 3 is 2.00 bits per heavy atom. The predicted molar refractivity (Wildman–Crippen MR) is 86.3 cm³/mol. The second-order valence-electron chi connectivity index (χ2n) is 4.80. The third-order valence-corrected chi connectivity index (χ3v) is 6.18. The highest BCUT2D eigenvalue weighted by Crippen LogP contribution is 2.17. The van der Waals surface area contributed by atoms with Gasteiger partial charge in [0.25, 0.3) is 0 Å². The van der Waals surface area contributed by atoms with E-state index in [0.29, 0.717) is 32.4 Å². The van der Waals surface area contributed by atoms with Crippen LogP contribution in [0.5, 0.6) is 0 Å². The van der Waals surface area contributed by atoms with E-state index in [1.807, 2.05) is 34.6 Å². The molecule has 126 valence electrons. The fraction of sp³-hybridized carbons (Fsp3) is 0.929. The van der Waals surface area contributed by atoms with Crippen LogP contribution in [0.1, 0.15) is 47.5 Å². The molecule has 21 heavy (non-hydrogen) atoms. The number of rotatable bonds is 12. The molecule has 0 aromatic rings. The highest BCUT2D eigenvalue weighted by molar-refractivity contribution is 6.60. The second-order valence-corrected chi connectivity index (χ2v) is 7.53. The number of nitrogens with one attached hydrogen (secondary N) is 2. The van der Waals surface area contributed by atoms with E-state index in [1.165, 1.54) is 0 Å². The first-order valence-corrected chi connectivity index (χ1v) is 9.92. The first-order valence-electron chi connectivity index (χ1n) is 7.99. The number of hydrogen-bond donors (Lipinski definition) is 2. The van der Waals surface area contributed by atoms with Gasteiger partial charge in [-0.05, 0) is 40.5 Å². The third-order valence-electron chi connectivity index (χ3n) is 3.03. The first-order chi connectivity index (χ1) is 10.0. The van der Waals surface area contributed by atoms with E-state index < -0.39 is 8.80 Å². The maximum Gasteiger partial charge on any atom is 0.500 e. The lowest BCUT2D eigenvalue weighted by Crippen LogP contribution is -2.47. The van der Waals surface area contributed by atoms with Crippen LogP contribution >= 0.6 is 0 Å². The smallest absolute Gasteiger partial charge is 0.374 e. The van der Waals surface area contributed by atoms with E-state index in [4.69, 9.17) is 13.3 Å². The van der Waals surface area contributed by atoms with Crippen molar-refractivity contribution in [2.45, 2.75) is 59.5 Å². The van der Waals surface area contributed by atoms with Gasteiger partial charge >= 0.3 is 14.8 Å². The van der Waals surface area contributed by atoms with Crippen LogP contribution < -0.4 is 10.6 Å². The summed E-state index contributed by atoms with van der Waals surface area (Å²) in [7, 11) is -2.58. The molecule has 2 N–H and O–H groups in total. The number of hydrogen-bond acceptors (Lipinski definition) is 4. The third kappa shape index (κ3) is 9.08. The molecule has 0 aliphatic rings. The molecule has 0 aliphatic heterocycles. The van der Waals surface area contributed by atoms with Crippen molar-refractivity contribution in [2.24, 2.45) is 0 Å². The minimum Gasteiger partial charge on any atom is -0.374 e. The summed E-state index contributed by atoms with van der Waals surface area (Å²) in [5, 5.41) is 5.72. The predicted octanol–water partition coefficient (Wildman–Crippen LogP) is 2.52. The Bertz CT molecular complexity index is 263. The quantitative estimate of drug-likeness (QED) is 0.428. The minimum atomic E-state index is -2.58. The molecule has 0 aromatic carbocycles. The van der Waals surface area contributed by atoms with Crippen molar-refractivity contribution in [1.29, 1.82) is 0 Å². The molecule has 0 aromatic heterocycles. The fourth-order valence-corrected chi connectivity index (χ4v) is 4.50. The molecule has 6 nitrogen and oxygen atoms in total. The summed E-state index contributed by atoms with van der Waals surface area (Å²) < 4.78 is 17.3. The lowest BCUT2D eigenvalue weighted by atomic mass is 10.3. The van der Waals surface area contributed by atoms with Gasteiger partial charge in [-0.15, -0.1) is 0 Å². The Morgan fingerprint density at radius 1 is 1.05 bits per heavy atom. The largest absolute Gasteiger partial charge is 0.500 e. The summed E-state index contributed by atoms with van der Waals surface area (Å²) in [5.74, 6) is 0. The van der Waals surface area contributed by atoms with Crippen LogP contribution in [-0.4, -0.2) is 47.2 Å². The van der Waals surface area contributed by atoms with Crippen LogP contribution in [0.3, 0.4) is 0 Å². The van der Waals surface area contributed by atoms with E-state index in [1.54, 1.807) is 0 Å². The standard InChI is InChI=1S/C14H32N2O4Si/c1-6-13(5)16-14(17)15-11-10-12-21(18-7-2,19-8-3)20-9-4/h13H,6-12H2,1-5H3,(H2,15,16,17). The van der Waals surface area contributed by atoms with Crippen LogP contribution in [0.15, 0.2) is 0 Å². The van der Waals surface area contributed by atoms with Gasteiger partial charge in [-0.3, -0.25) is 0 Å². The van der Waals surface area contributed by atoms with Gasteiger partial charge in [-0.2, -0.15) is 0 Å². The Morgan fingerprint density at radius 2 is 1.57 bits per heavy atom. The zero-order chi connectivity index (χ0) is 16.1. The molecule has 0 bridgehead atoms. The minimum absolute atomic E-state index is 0.124. The summed E-state index contributed by atoms with van der Waals surface area (Å²) in [4.78, 5) is 11.6. The van der Waals surface area contributed by atoms with Crippen LogP contribution in [0.4, 0.5) is 4.79 Å². The number of amides is 2. The number of carbonyl (C=O) groups excluding carboxylic acids is 1. The molecule has 1 unspecified atom stereocenters. The zero-order valence-corrected chi connectivity index (χ0v) is 15.2. The molecular weight excluding hydrogens is 288 g/mol. The van der Waals surface area contributed by atoms with Gasteiger partial charge in [0.1, 0.15) is 0 Å². The summed E-state index contributed by atoms with van der Waals surface area (Å²) >= 11 is 0. The van der Waals surface area contributed by atoms with Crippen molar-refractivity contribution in [1.82, 2.24) is 10.6 Å². The fourth-order valence-electron chi connectivity index (χ4n) is 1.88. The molecule has 0 rings (SSSR count). The van der Waals surface area contributed by atoms with Gasteiger partial charge < -0.3 is 23.9 Å². The zero-order valence-electron chi connectivity index (χ0n) is 14.2. The highest BCUT2D eigenvalue weighted by atomic mass is 28.4. The molecule has 0 aliphatic carbocycles. The average molecular weight is 321 g/mol. The van der Waals surface area contributed by atoms with Crippen LogP contribution in [0.2, 0.25) is 6.04 Å². The monoisotopic (exact) mass is 320 g/mol. The molecule has 0 spiro atoms. The maximum atomic E-state index is 11.6. The van der Waals surface area contributed by atoms with Crippen molar-refractivity contribution in [3.63, 3.8) is 0 Å². The normalized spacial score (nSPS) is 13.0. The van der Waals surface area contributed by atoms with E-state index >= 15 is 0 Å². The van der Waals surface area contributed by atoms with Gasteiger partial charge in [0, 0.05) is 38.5 Å². The summed E-state index contributed by atoms with van der Waals surface area (Å²) in [5.41, 5.74) is 0. The van der Waals surface area contributed by atoms with Gasteiger partial charge in [0.05, 0.1) is 0 Å². The Labute approximate surface area is 130 Å². The second kappa shape index (κ2) is 12.0. The molecule has 0 radical (unpaired) electrons. The van der Waals surface area contributed by atoms with Crippen molar-refractivity contribution in [3.8, 4) is 0 Å². The number of urea groups is 1. The van der Waals surface area contributed by atoms with Crippen molar-refractivity contribution in [2.75, 3.05) is 26.4 Å². The lowest BCUT2D eigenvalue weighted by molar-refractivity contribution is 0.0708. The van der Waals surface area contributed by atoms with Crippen molar-refractivity contribution < 1.29 is 18.1 Å². The number of carbonyl (C=O) groups is 1. The molecule has 0 heterocycles. The summed E-state index contributed by atoms with van der Waals surface area (Å²) in [6, 6.07) is 0.779. The molecule has 2 amide bonds. The van der Waals surface area contributed by atoms with E-state index in [-0.39, 0.29) is 12.1 Å². The van der Waals surface area contributed by atoms with Crippen LogP contribution in [0.25, 0.3) is 0 Å². The Balaban J connectivity index is 4.15. The summed E-state index contributed by atoms with van der Waals surface area (Å²) in [6.45, 7) is 12.2. The highest BCUT2D eigenvalue weighted by Gasteiger charge is 2.39. The first kappa shape index (κ1) is 20.4. The molecule has 7 heteroatoms. The Kier molecular flexibility index (Phi) is 11.6. The van der Waals surface area contributed by atoms with Gasteiger partial charge in [-0.25, -0.2) is 4.79 Å². The average Bonchev–Trinajstić information content (AvgIpc) is 2.44. The summed E-state index contributed by atoms with van der Waals surface area (Å²) in [6.07, 6.45) is 1.70. The van der Waals surface area contributed by atoms with Gasteiger partial charge in [-0.1, -0.05) is 6.92 Å². The van der Waals surface area contributed by atoms with Crippen LogP contribution in [0, 0.1) is 0 Å². The maximum absolute atomic E-state index is 11.6. The molecule has 0 fully saturated rings. The topological polar surface area (TPSA) is 68.8 Å². The van der Waals surface area contributed by atoms with Gasteiger partial charge in [0.2, 0.25) is 0 Å². The van der Waals surface area contributed by atoms with Crippen molar-refractivity contribution >= 4 is 14.8 Å². The van der Waals surface area contributed by atoms with E-state index in [9.17, 15) is 4.79 Å². The van der Waals surface area contributed by atoms with Crippen molar-refractivity contribution in [3.05, 3.63) is 0 Å². The molecule has 0 saturated carbocycles. The SMILES string of the molecule is CCO[Si](CCCNC(=O)NC(C)CC)(OCC)OCC. The van der Waals surface area contributed by atoms with Crippen LogP contribution in [-0.2, 0) is 13.3 Å². The van der Waals surface area contributed by atoms with Gasteiger partial charge in [0.15, 0.2) is 0 Å². The molecular formula is C14H32N2O4Si. The van der Waals surface area contributed by atoms with E-state index in [2.05, 4.69) is 10.6 Å². The lowest BCUT2D eigenvalue weighted by Gasteiger charge is -2.28. The molecule has 1 atom stereocenters.